The second kappa shape index (κ2) is 5.72. The van der Waals surface area contributed by atoms with Gasteiger partial charge in [0.1, 0.15) is 0 Å². The summed E-state index contributed by atoms with van der Waals surface area (Å²) in [5.41, 5.74) is 4.79. The van der Waals surface area contributed by atoms with Gasteiger partial charge in [-0.1, -0.05) is 24.3 Å². The van der Waals surface area contributed by atoms with Crippen molar-refractivity contribution in [3.63, 3.8) is 0 Å². The summed E-state index contributed by atoms with van der Waals surface area (Å²) in [7, 11) is 7.73. The molecule has 0 aromatic heterocycles. The fourth-order valence-electron chi connectivity index (χ4n) is 2.72. The molecule has 0 radical (unpaired) electrons. The highest BCUT2D eigenvalue weighted by Gasteiger charge is 2.38. The number of hydrazone groups is 2. The molecule has 4 nitrogen and oxygen atoms in total. The third-order valence-electron chi connectivity index (χ3n) is 3.82. The Labute approximate surface area is 127 Å². The maximum absolute atomic E-state index is 4.49. The predicted octanol–water partition coefficient (Wildman–Crippen LogP) is 2.83. The van der Waals surface area contributed by atoms with E-state index in [1.54, 1.807) is 0 Å². The number of allylic oxidation sites excluding steroid dienone is 2. The first kappa shape index (κ1) is 15.3. The standard InChI is InChI=1S/C17H24N4/c1-13-14-9-7-8-10-15(14)17(2,12-19-21(5)6)16(13)11-18-20(3)4/h7-12H,1-6H3/b18-11+,19-12+. The Morgan fingerprint density at radius 3 is 2.24 bits per heavy atom. The molecule has 21 heavy (non-hydrogen) atoms. The Morgan fingerprint density at radius 1 is 1.00 bits per heavy atom. The molecule has 0 amide bonds. The fraction of sp³-hybridized carbons (Fsp3) is 0.412. The van der Waals surface area contributed by atoms with Crippen molar-refractivity contribution < 1.29 is 0 Å². The average molecular weight is 284 g/mol. The summed E-state index contributed by atoms with van der Waals surface area (Å²) >= 11 is 0. The minimum atomic E-state index is -0.246. The fourth-order valence-corrected chi connectivity index (χ4v) is 2.72. The maximum atomic E-state index is 4.49. The van der Waals surface area contributed by atoms with Crippen LogP contribution in [0.1, 0.15) is 25.0 Å². The Kier molecular flexibility index (Phi) is 4.16. The molecule has 0 spiro atoms. The van der Waals surface area contributed by atoms with Crippen LogP contribution >= 0.6 is 0 Å². The molecule has 112 valence electrons. The van der Waals surface area contributed by atoms with E-state index >= 15 is 0 Å². The monoisotopic (exact) mass is 284 g/mol. The first-order valence-electron chi connectivity index (χ1n) is 7.11. The van der Waals surface area contributed by atoms with E-state index in [0.29, 0.717) is 0 Å². The van der Waals surface area contributed by atoms with Gasteiger partial charge in [0.15, 0.2) is 0 Å². The lowest BCUT2D eigenvalue weighted by Crippen LogP contribution is -2.26. The summed E-state index contributed by atoms with van der Waals surface area (Å²) < 4.78 is 0. The second-order valence-electron chi connectivity index (χ2n) is 5.97. The molecule has 1 aliphatic carbocycles. The number of benzene rings is 1. The highest BCUT2D eigenvalue weighted by Crippen LogP contribution is 2.44. The number of nitrogens with zero attached hydrogens (tertiary/aromatic N) is 4. The van der Waals surface area contributed by atoms with Gasteiger partial charge < -0.3 is 10.0 Å². The van der Waals surface area contributed by atoms with Crippen molar-refractivity contribution >= 4 is 18.0 Å². The largest absolute Gasteiger partial charge is 0.303 e. The molecule has 0 heterocycles. The van der Waals surface area contributed by atoms with Crippen LogP contribution in [0.15, 0.2) is 40.0 Å². The van der Waals surface area contributed by atoms with Crippen molar-refractivity contribution in [3.8, 4) is 0 Å². The first-order chi connectivity index (χ1) is 9.86. The zero-order valence-corrected chi connectivity index (χ0v) is 13.8. The van der Waals surface area contributed by atoms with Crippen LogP contribution in [0.4, 0.5) is 0 Å². The Bertz CT molecular complexity index is 611. The summed E-state index contributed by atoms with van der Waals surface area (Å²) in [6.45, 7) is 4.36. The average Bonchev–Trinajstić information content (AvgIpc) is 2.65. The molecule has 1 aromatic carbocycles. The smallest absolute Gasteiger partial charge is 0.0568 e. The molecule has 0 N–H and O–H groups in total. The van der Waals surface area contributed by atoms with Crippen molar-refractivity contribution in [3.05, 3.63) is 41.0 Å². The summed E-state index contributed by atoms with van der Waals surface area (Å²) in [5, 5.41) is 12.6. The van der Waals surface area contributed by atoms with E-state index in [9.17, 15) is 0 Å². The number of hydrogen-bond acceptors (Lipinski definition) is 4. The summed E-state index contributed by atoms with van der Waals surface area (Å²) in [5.74, 6) is 0. The Balaban J connectivity index is 2.57. The van der Waals surface area contributed by atoms with Gasteiger partial charge in [-0.05, 0) is 36.1 Å². The van der Waals surface area contributed by atoms with Gasteiger partial charge in [0.05, 0.1) is 11.6 Å². The molecule has 0 aliphatic heterocycles. The van der Waals surface area contributed by atoms with Gasteiger partial charge in [-0.15, -0.1) is 0 Å². The van der Waals surface area contributed by atoms with Crippen LogP contribution in [0.2, 0.25) is 0 Å². The lowest BCUT2D eigenvalue weighted by Gasteiger charge is -2.24. The van der Waals surface area contributed by atoms with E-state index in [1.165, 1.54) is 22.3 Å². The van der Waals surface area contributed by atoms with E-state index in [2.05, 4.69) is 48.3 Å². The molecule has 1 atom stereocenters. The van der Waals surface area contributed by atoms with E-state index in [-0.39, 0.29) is 5.41 Å². The van der Waals surface area contributed by atoms with Crippen molar-refractivity contribution in [1.29, 1.82) is 0 Å². The van der Waals surface area contributed by atoms with Gasteiger partial charge in [0, 0.05) is 34.4 Å². The van der Waals surface area contributed by atoms with Gasteiger partial charge in [0.25, 0.3) is 0 Å². The van der Waals surface area contributed by atoms with Gasteiger partial charge in [-0.25, -0.2) is 0 Å². The normalized spacial score (nSPS) is 21.4. The van der Waals surface area contributed by atoms with Crippen LogP contribution in [-0.4, -0.2) is 50.6 Å². The number of hydrogen-bond donors (Lipinski definition) is 0. The lowest BCUT2D eigenvalue weighted by atomic mass is 9.80. The van der Waals surface area contributed by atoms with Crippen LogP contribution in [-0.2, 0) is 5.41 Å². The predicted molar refractivity (Wildman–Crippen MR) is 90.7 cm³/mol. The third-order valence-corrected chi connectivity index (χ3v) is 3.82. The molecule has 1 aromatic rings. The van der Waals surface area contributed by atoms with E-state index in [1.807, 2.05) is 50.6 Å². The van der Waals surface area contributed by atoms with Crippen LogP contribution in [0.3, 0.4) is 0 Å². The molecule has 0 saturated carbocycles. The Morgan fingerprint density at radius 2 is 1.62 bits per heavy atom. The van der Waals surface area contributed by atoms with Crippen molar-refractivity contribution in [2.24, 2.45) is 10.2 Å². The number of rotatable bonds is 4. The molecular formula is C17H24N4. The summed E-state index contributed by atoms with van der Waals surface area (Å²) in [6, 6.07) is 8.51. The third kappa shape index (κ3) is 2.84. The van der Waals surface area contributed by atoms with Crippen LogP contribution in [0, 0.1) is 0 Å². The first-order valence-corrected chi connectivity index (χ1v) is 7.11. The van der Waals surface area contributed by atoms with Crippen LogP contribution in [0.25, 0.3) is 5.57 Å². The highest BCUT2D eigenvalue weighted by molar-refractivity contribution is 6.05. The topological polar surface area (TPSA) is 31.2 Å². The summed E-state index contributed by atoms with van der Waals surface area (Å²) in [6.07, 6.45) is 3.97. The van der Waals surface area contributed by atoms with E-state index in [4.69, 9.17) is 0 Å². The zero-order chi connectivity index (χ0) is 15.6. The van der Waals surface area contributed by atoms with Crippen molar-refractivity contribution in [2.45, 2.75) is 19.3 Å². The minimum absolute atomic E-state index is 0.246. The molecule has 0 saturated heterocycles. The molecular weight excluding hydrogens is 260 g/mol. The maximum Gasteiger partial charge on any atom is 0.0568 e. The molecule has 1 aliphatic rings. The van der Waals surface area contributed by atoms with Gasteiger partial charge in [-0.3, -0.25) is 0 Å². The molecule has 2 rings (SSSR count). The summed E-state index contributed by atoms with van der Waals surface area (Å²) in [4.78, 5) is 0. The molecule has 1 unspecified atom stereocenters. The second-order valence-corrected chi connectivity index (χ2v) is 5.97. The van der Waals surface area contributed by atoms with E-state index in [0.717, 1.165) is 0 Å². The van der Waals surface area contributed by atoms with E-state index < -0.39 is 0 Å². The highest BCUT2D eigenvalue weighted by atomic mass is 15.4. The van der Waals surface area contributed by atoms with Crippen molar-refractivity contribution in [1.82, 2.24) is 10.0 Å². The Hall–Kier alpha value is -2.10. The molecule has 0 bridgehead atoms. The van der Waals surface area contributed by atoms with Crippen LogP contribution in [0.5, 0.6) is 0 Å². The SMILES string of the molecule is CC1=C(/C=N/N(C)C)C(C)(/C=N/N(C)C)c2ccccc21. The van der Waals surface area contributed by atoms with Crippen molar-refractivity contribution in [2.75, 3.05) is 28.2 Å². The van der Waals surface area contributed by atoms with Gasteiger partial charge in [0.2, 0.25) is 0 Å². The van der Waals surface area contributed by atoms with Crippen LogP contribution < -0.4 is 0 Å². The molecule has 0 fully saturated rings. The molecule has 4 heteroatoms. The minimum Gasteiger partial charge on any atom is -0.303 e. The lowest BCUT2D eigenvalue weighted by molar-refractivity contribution is 0.435. The van der Waals surface area contributed by atoms with Gasteiger partial charge in [-0.2, -0.15) is 10.2 Å². The van der Waals surface area contributed by atoms with Gasteiger partial charge >= 0.3 is 0 Å². The zero-order valence-electron chi connectivity index (χ0n) is 13.8. The number of fused-ring (bicyclic) bond motifs is 1. The quantitative estimate of drug-likeness (QED) is 0.629.